The number of rotatable bonds is 6. The van der Waals surface area contributed by atoms with Gasteiger partial charge in [0.05, 0.1) is 19.4 Å². The van der Waals surface area contributed by atoms with Crippen LogP contribution in [0.5, 0.6) is 0 Å². The maximum atomic E-state index is 5.41. The van der Waals surface area contributed by atoms with E-state index in [-0.39, 0.29) is 0 Å². The Morgan fingerprint density at radius 2 is 1.59 bits per heavy atom. The average molecular weight is 542 g/mol. The number of nitrogens with zero attached hydrogens (tertiary/aromatic N) is 6. The summed E-state index contributed by atoms with van der Waals surface area (Å²) in [6.45, 7) is 3.34. The van der Waals surface area contributed by atoms with Crippen LogP contribution < -0.4 is 15.6 Å². The standard InChI is InChI=1S/C21H19IN8O2/c22-15-3-5-16(6-4-15)24-18-19(26-21-20(25-18)28-32-29-21)27-23-13-14-1-7-17(8-2-14)30-9-11-31-12-10-30/h1-8,13H,9-12H2,(H,24,25,28)(H,26,27,29)/b23-13-. The number of hydrazone groups is 1. The number of anilines is 4. The van der Waals surface area contributed by atoms with E-state index >= 15 is 0 Å². The highest BCUT2D eigenvalue weighted by Gasteiger charge is 2.13. The van der Waals surface area contributed by atoms with E-state index in [2.05, 4.69) is 75.7 Å². The zero-order valence-electron chi connectivity index (χ0n) is 16.9. The van der Waals surface area contributed by atoms with Gasteiger partial charge >= 0.3 is 0 Å². The summed E-state index contributed by atoms with van der Waals surface area (Å²) in [7, 11) is 0. The Morgan fingerprint density at radius 1 is 0.906 bits per heavy atom. The number of hydrogen-bond acceptors (Lipinski definition) is 10. The van der Waals surface area contributed by atoms with Crippen molar-refractivity contribution in [2.45, 2.75) is 0 Å². The molecular formula is C21H19IN8O2. The molecule has 0 unspecified atom stereocenters. The first kappa shape index (κ1) is 20.6. The molecule has 4 aromatic rings. The van der Waals surface area contributed by atoms with E-state index < -0.39 is 0 Å². The van der Waals surface area contributed by atoms with Gasteiger partial charge in [0.2, 0.25) is 11.3 Å². The van der Waals surface area contributed by atoms with Crippen molar-refractivity contribution >= 4 is 63.1 Å². The molecule has 1 aliphatic heterocycles. The number of ether oxygens (including phenoxy) is 1. The van der Waals surface area contributed by atoms with Crippen LogP contribution in [0.4, 0.5) is 23.0 Å². The maximum Gasteiger partial charge on any atom is 0.245 e. The number of aromatic nitrogens is 4. The van der Waals surface area contributed by atoms with Crippen LogP contribution in [0, 0.1) is 3.57 Å². The summed E-state index contributed by atoms with van der Waals surface area (Å²) >= 11 is 2.26. The number of fused-ring (bicyclic) bond motifs is 1. The second kappa shape index (κ2) is 9.44. The first-order valence-electron chi connectivity index (χ1n) is 9.99. The molecule has 162 valence electrons. The summed E-state index contributed by atoms with van der Waals surface area (Å²) in [4.78, 5) is 11.2. The lowest BCUT2D eigenvalue weighted by Crippen LogP contribution is -2.36. The molecule has 2 aromatic carbocycles. The topological polar surface area (TPSA) is 114 Å². The average Bonchev–Trinajstić information content (AvgIpc) is 3.29. The zero-order chi connectivity index (χ0) is 21.8. The SMILES string of the molecule is Ic1ccc(Nc2nc3nonc3nc2N/N=C\c2ccc(N3CCOCC3)cc2)cc1. The van der Waals surface area contributed by atoms with Crippen LogP contribution in [-0.4, -0.2) is 52.8 Å². The molecule has 0 atom stereocenters. The molecule has 0 bridgehead atoms. The van der Waals surface area contributed by atoms with Gasteiger partial charge in [-0.3, -0.25) is 5.43 Å². The van der Waals surface area contributed by atoms with Crippen LogP contribution >= 0.6 is 22.6 Å². The first-order valence-corrected chi connectivity index (χ1v) is 11.1. The van der Waals surface area contributed by atoms with Crippen LogP contribution in [0.3, 0.4) is 0 Å². The molecule has 11 heteroatoms. The number of benzene rings is 2. The van der Waals surface area contributed by atoms with Crippen molar-refractivity contribution in [3.63, 3.8) is 0 Å². The van der Waals surface area contributed by atoms with Crippen LogP contribution in [0.15, 0.2) is 58.3 Å². The molecule has 2 N–H and O–H groups in total. The van der Waals surface area contributed by atoms with Gasteiger partial charge in [0, 0.05) is 28.0 Å². The fraction of sp³-hybridized carbons (Fsp3) is 0.190. The Morgan fingerprint density at radius 3 is 2.31 bits per heavy atom. The Labute approximate surface area is 197 Å². The molecule has 1 aliphatic rings. The van der Waals surface area contributed by atoms with E-state index in [0.717, 1.165) is 41.1 Å². The first-order chi connectivity index (χ1) is 15.7. The highest BCUT2D eigenvalue weighted by Crippen LogP contribution is 2.24. The lowest BCUT2D eigenvalue weighted by atomic mass is 10.2. The third-order valence-electron chi connectivity index (χ3n) is 4.87. The fourth-order valence-corrected chi connectivity index (χ4v) is 3.59. The lowest BCUT2D eigenvalue weighted by molar-refractivity contribution is 0.122. The van der Waals surface area contributed by atoms with Crippen molar-refractivity contribution in [3.05, 3.63) is 57.7 Å². The van der Waals surface area contributed by atoms with Crippen LogP contribution in [0.1, 0.15) is 5.56 Å². The van der Waals surface area contributed by atoms with Gasteiger partial charge in [0.15, 0.2) is 11.6 Å². The minimum atomic E-state index is 0.297. The molecule has 0 radical (unpaired) electrons. The summed E-state index contributed by atoms with van der Waals surface area (Å²) < 4.78 is 11.3. The van der Waals surface area contributed by atoms with Gasteiger partial charge in [0.25, 0.3) is 0 Å². The zero-order valence-corrected chi connectivity index (χ0v) is 19.1. The summed E-state index contributed by atoms with van der Waals surface area (Å²) in [6.07, 6.45) is 1.73. The quantitative estimate of drug-likeness (QED) is 0.214. The maximum absolute atomic E-state index is 5.41. The molecule has 0 aliphatic carbocycles. The fourth-order valence-electron chi connectivity index (χ4n) is 3.23. The summed E-state index contributed by atoms with van der Waals surface area (Å²) in [5, 5.41) is 15.1. The van der Waals surface area contributed by atoms with E-state index in [1.54, 1.807) is 6.21 Å². The lowest BCUT2D eigenvalue weighted by Gasteiger charge is -2.28. The second-order valence-electron chi connectivity index (χ2n) is 7.03. The molecule has 3 heterocycles. The van der Waals surface area contributed by atoms with Gasteiger partial charge in [0.1, 0.15) is 0 Å². The number of hydrogen-bond donors (Lipinski definition) is 2. The predicted molar refractivity (Wildman–Crippen MR) is 131 cm³/mol. The van der Waals surface area contributed by atoms with Gasteiger partial charge in [-0.15, -0.1) is 0 Å². The van der Waals surface area contributed by atoms with Crippen molar-refractivity contribution in [3.8, 4) is 0 Å². The molecule has 0 amide bonds. The van der Waals surface area contributed by atoms with E-state index in [9.17, 15) is 0 Å². The summed E-state index contributed by atoms with van der Waals surface area (Å²) in [6, 6.07) is 16.1. The van der Waals surface area contributed by atoms with Crippen molar-refractivity contribution < 1.29 is 9.37 Å². The minimum absolute atomic E-state index is 0.297. The van der Waals surface area contributed by atoms with Gasteiger partial charge < -0.3 is 15.0 Å². The highest BCUT2D eigenvalue weighted by atomic mass is 127. The number of nitrogens with one attached hydrogen (secondary N) is 2. The van der Waals surface area contributed by atoms with Gasteiger partial charge in [-0.25, -0.2) is 9.61 Å². The largest absolute Gasteiger partial charge is 0.378 e. The van der Waals surface area contributed by atoms with Crippen LogP contribution in [0.25, 0.3) is 11.3 Å². The molecule has 1 fully saturated rings. The monoisotopic (exact) mass is 542 g/mol. The summed E-state index contributed by atoms with van der Waals surface area (Å²) in [5.74, 6) is 0.877. The Balaban J connectivity index is 1.32. The normalized spacial score (nSPS) is 14.2. The van der Waals surface area contributed by atoms with E-state index in [1.807, 2.05) is 36.4 Å². The summed E-state index contributed by atoms with van der Waals surface area (Å²) in [5.41, 5.74) is 6.55. The van der Waals surface area contributed by atoms with Gasteiger partial charge in [-0.2, -0.15) is 10.1 Å². The Hall–Kier alpha value is -3.32. The third-order valence-corrected chi connectivity index (χ3v) is 5.59. The van der Waals surface area contributed by atoms with Gasteiger partial charge in [-0.1, -0.05) is 12.1 Å². The molecule has 0 saturated carbocycles. The van der Waals surface area contributed by atoms with Crippen LogP contribution in [-0.2, 0) is 4.74 Å². The molecule has 0 spiro atoms. The number of halogens is 1. The van der Waals surface area contributed by atoms with Crippen molar-refractivity contribution in [1.29, 1.82) is 0 Å². The van der Waals surface area contributed by atoms with E-state index in [0.29, 0.717) is 22.9 Å². The molecule has 2 aromatic heterocycles. The van der Waals surface area contributed by atoms with E-state index in [1.165, 1.54) is 5.69 Å². The number of morpholine rings is 1. The molecular weight excluding hydrogens is 523 g/mol. The molecule has 1 saturated heterocycles. The Bertz CT molecular complexity index is 1220. The second-order valence-corrected chi connectivity index (χ2v) is 8.27. The molecule has 5 rings (SSSR count). The third kappa shape index (κ3) is 4.78. The predicted octanol–water partition coefficient (Wildman–Crippen LogP) is 3.64. The Kier molecular flexibility index (Phi) is 6.07. The molecule has 10 nitrogen and oxygen atoms in total. The van der Waals surface area contributed by atoms with Crippen molar-refractivity contribution in [2.24, 2.45) is 5.10 Å². The molecule has 32 heavy (non-hydrogen) atoms. The van der Waals surface area contributed by atoms with Crippen molar-refractivity contribution in [1.82, 2.24) is 20.3 Å². The van der Waals surface area contributed by atoms with Gasteiger partial charge in [-0.05, 0) is 74.9 Å². The van der Waals surface area contributed by atoms with E-state index in [4.69, 9.17) is 9.37 Å². The highest BCUT2D eigenvalue weighted by molar-refractivity contribution is 14.1. The smallest absolute Gasteiger partial charge is 0.245 e. The van der Waals surface area contributed by atoms with Crippen LogP contribution in [0.2, 0.25) is 0 Å². The minimum Gasteiger partial charge on any atom is -0.378 e. The van der Waals surface area contributed by atoms with Crippen molar-refractivity contribution in [2.75, 3.05) is 41.9 Å².